The number of hydrogen-bond donors (Lipinski definition) is 1. The Balaban J connectivity index is 3.87. The van der Waals surface area contributed by atoms with Crippen LogP contribution in [0, 0.1) is 0 Å². The van der Waals surface area contributed by atoms with E-state index >= 15 is 0 Å². The molecule has 0 amide bonds. The van der Waals surface area contributed by atoms with Gasteiger partial charge in [0.25, 0.3) is 0 Å². The van der Waals surface area contributed by atoms with Crippen LogP contribution in [-0.4, -0.2) is 31.8 Å². The van der Waals surface area contributed by atoms with Crippen LogP contribution in [0.1, 0.15) is 39.0 Å². The predicted octanol–water partition coefficient (Wildman–Crippen LogP) is 2.65. The number of carbonyl (C=O) groups is 1. The highest BCUT2D eigenvalue weighted by Crippen LogP contribution is 2.20. The van der Waals surface area contributed by atoms with Crippen molar-refractivity contribution in [3.8, 4) is 0 Å². The van der Waals surface area contributed by atoms with E-state index in [-0.39, 0.29) is 13.0 Å². The first-order chi connectivity index (χ1) is 7.90. The van der Waals surface area contributed by atoms with Crippen LogP contribution in [0.15, 0.2) is 0 Å². The molecule has 0 aromatic heterocycles. The molecular weight excluding hydrogens is 235 g/mol. The van der Waals surface area contributed by atoms with Crippen LogP contribution >= 0.6 is 0 Å². The van der Waals surface area contributed by atoms with E-state index in [1.54, 1.807) is 0 Å². The highest BCUT2D eigenvalue weighted by Gasteiger charge is 2.26. The Bertz CT molecular complexity index is 219. The predicted molar refractivity (Wildman–Crippen MR) is 58.6 cm³/mol. The molecule has 6 heteroatoms. The maximum atomic E-state index is 11.9. The Morgan fingerprint density at radius 1 is 1.35 bits per heavy atom. The number of nitrogens with one attached hydrogen (secondary N) is 1. The largest absolute Gasteiger partial charge is 0.468 e. The van der Waals surface area contributed by atoms with Crippen molar-refractivity contribution in [2.45, 2.75) is 51.2 Å². The lowest BCUT2D eigenvalue weighted by Gasteiger charge is -2.16. The lowest BCUT2D eigenvalue weighted by atomic mass is 10.1. The van der Waals surface area contributed by atoms with Crippen LogP contribution in [0.2, 0.25) is 0 Å². The van der Waals surface area contributed by atoms with Gasteiger partial charge >= 0.3 is 12.1 Å². The third-order valence-corrected chi connectivity index (χ3v) is 2.36. The van der Waals surface area contributed by atoms with Crippen molar-refractivity contribution in [1.82, 2.24) is 5.32 Å². The zero-order valence-corrected chi connectivity index (χ0v) is 10.3. The standard InChI is InChI=1S/C11H20F3NO2/c1-3-4-6-9(10(16)17-2)15-8-5-7-11(12,13)14/h9,15H,3-8H2,1-2H3. The molecule has 0 rings (SSSR count). The third kappa shape index (κ3) is 8.97. The normalized spacial score (nSPS) is 13.5. The van der Waals surface area contributed by atoms with Gasteiger partial charge in [-0.15, -0.1) is 0 Å². The number of rotatable bonds is 8. The van der Waals surface area contributed by atoms with Gasteiger partial charge in [0.05, 0.1) is 7.11 Å². The van der Waals surface area contributed by atoms with Gasteiger partial charge in [-0.1, -0.05) is 19.8 Å². The van der Waals surface area contributed by atoms with E-state index in [0.29, 0.717) is 6.42 Å². The van der Waals surface area contributed by atoms with Crippen LogP contribution in [-0.2, 0) is 9.53 Å². The minimum Gasteiger partial charge on any atom is -0.468 e. The van der Waals surface area contributed by atoms with Gasteiger partial charge < -0.3 is 10.1 Å². The number of alkyl halides is 3. The van der Waals surface area contributed by atoms with Crippen LogP contribution in [0.3, 0.4) is 0 Å². The molecule has 0 saturated heterocycles. The second-order valence-electron chi connectivity index (χ2n) is 3.89. The van der Waals surface area contributed by atoms with E-state index in [1.807, 2.05) is 6.92 Å². The molecule has 0 saturated carbocycles. The maximum Gasteiger partial charge on any atom is 0.389 e. The quantitative estimate of drug-likeness (QED) is 0.535. The molecule has 102 valence electrons. The molecule has 0 aromatic rings. The Labute approximate surface area is 99.7 Å². The fourth-order valence-electron chi connectivity index (χ4n) is 1.42. The summed E-state index contributed by atoms with van der Waals surface area (Å²) < 4.78 is 40.2. The van der Waals surface area contributed by atoms with Gasteiger partial charge in [0, 0.05) is 6.42 Å². The summed E-state index contributed by atoms with van der Waals surface area (Å²) in [7, 11) is 1.28. The summed E-state index contributed by atoms with van der Waals surface area (Å²) in [6, 6.07) is -0.492. The first kappa shape index (κ1) is 16.2. The number of methoxy groups -OCH3 is 1. The second kappa shape index (κ2) is 8.33. The van der Waals surface area contributed by atoms with E-state index in [9.17, 15) is 18.0 Å². The first-order valence-corrected chi connectivity index (χ1v) is 5.78. The monoisotopic (exact) mass is 255 g/mol. The summed E-state index contributed by atoms with van der Waals surface area (Å²) in [5, 5.41) is 2.80. The summed E-state index contributed by atoms with van der Waals surface area (Å²) >= 11 is 0. The highest BCUT2D eigenvalue weighted by atomic mass is 19.4. The molecular formula is C11H20F3NO2. The van der Waals surface area contributed by atoms with Gasteiger partial charge in [-0.2, -0.15) is 13.2 Å². The number of unbranched alkanes of at least 4 members (excludes halogenated alkanes) is 1. The third-order valence-electron chi connectivity index (χ3n) is 2.36. The molecule has 1 atom stereocenters. The van der Waals surface area contributed by atoms with Crippen molar-refractivity contribution < 1.29 is 22.7 Å². The molecule has 0 aliphatic heterocycles. The molecule has 17 heavy (non-hydrogen) atoms. The van der Waals surface area contributed by atoms with E-state index in [1.165, 1.54) is 7.11 Å². The molecule has 0 spiro atoms. The lowest BCUT2D eigenvalue weighted by Crippen LogP contribution is -2.38. The SMILES string of the molecule is CCCCC(NCCCC(F)(F)F)C(=O)OC. The number of esters is 1. The minimum atomic E-state index is -4.13. The molecule has 0 aliphatic rings. The smallest absolute Gasteiger partial charge is 0.389 e. The minimum absolute atomic E-state index is 0.0247. The van der Waals surface area contributed by atoms with E-state index in [2.05, 4.69) is 10.1 Å². The van der Waals surface area contributed by atoms with E-state index in [4.69, 9.17) is 0 Å². The molecule has 0 aromatic carbocycles. The Morgan fingerprint density at radius 3 is 2.47 bits per heavy atom. The van der Waals surface area contributed by atoms with Crippen molar-refractivity contribution in [3.05, 3.63) is 0 Å². The van der Waals surface area contributed by atoms with Crippen LogP contribution in [0.25, 0.3) is 0 Å². The summed E-state index contributed by atoms with van der Waals surface area (Å²) in [6.07, 6.45) is -2.63. The number of hydrogen-bond acceptors (Lipinski definition) is 3. The van der Waals surface area contributed by atoms with Crippen molar-refractivity contribution in [1.29, 1.82) is 0 Å². The Morgan fingerprint density at radius 2 is 2.00 bits per heavy atom. The number of halogens is 3. The first-order valence-electron chi connectivity index (χ1n) is 5.78. The molecule has 0 bridgehead atoms. The van der Waals surface area contributed by atoms with Crippen LogP contribution in [0.4, 0.5) is 13.2 Å². The zero-order chi connectivity index (χ0) is 13.3. The van der Waals surface area contributed by atoms with Gasteiger partial charge in [0.1, 0.15) is 6.04 Å². The summed E-state index contributed by atoms with van der Waals surface area (Å²) in [5.74, 6) is -0.412. The van der Waals surface area contributed by atoms with Crippen molar-refractivity contribution >= 4 is 5.97 Å². The average Bonchev–Trinajstić information content (AvgIpc) is 2.25. The number of ether oxygens (including phenoxy) is 1. The molecule has 1 N–H and O–H groups in total. The topological polar surface area (TPSA) is 38.3 Å². The van der Waals surface area contributed by atoms with Crippen LogP contribution in [0.5, 0.6) is 0 Å². The molecule has 1 unspecified atom stereocenters. The number of carbonyl (C=O) groups excluding carboxylic acids is 1. The Kier molecular flexibility index (Phi) is 7.95. The average molecular weight is 255 g/mol. The summed E-state index contributed by atoms with van der Waals surface area (Å²) in [6.45, 7) is 2.15. The fourth-order valence-corrected chi connectivity index (χ4v) is 1.42. The van der Waals surface area contributed by atoms with Crippen molar-refractivity contribution in [2.75, 3.05) is 13.7 Å². The summed E-state index contributed by atoms with van der Waals surface area (Å²) in [4.78, 5) is 11.3. The van der Waals surface area contributed by atoms with Gasteiger partial charge in [-0.3, -0.25) is 4.79 Å². The van der Waals surface area contributed by atoms with Gasteiger partial charge in [-0.25, -0.2) is 0 Å². The fraction of sp³-hybridized carbons (Fsp3) is 0.909. The van der Waals surface area contributed by atoms with Gasteiger partial charge in [0.2, 0.25) is 0 Å². The highest BCUT2D eigenvalue weighted by molar-refractivity contribution is 5.75. The lowest BCUT2D eigenvalue weighted by molar-refractivity contribution is -0.143. The van der Waals surface area contributed by atoms with E-state index in [0.717, 1.165) is 12.8 Å². The zero-order valence-electron chi connectivity index (χ0n) is 10.3. The molecule has 0 fully saturated rings. The molecule has 0 radical (unpaired) electrons. The van der Waals surface area contributed by atoms with Crippen molar-refractivity contribution in [3.63, 3.8) is 0 Å². The van der Waals surface area contributed by atoms with Crippen LogP contribution < -0.4 is 5.32 Å². The van der Waals surface area contributed by atoms with Crippen molar-refractivity contribution in [2.24, 2.45) is 0 Å². The summed E-state index contributed by atoms with van der Waals surface area (Å²) in [5.41, 5.74) is 0. The second-order valence-corrected chi connectivity index (χ2v) is 3.89. The van der Waals surface area contributed by atoms with E-state index < -0.39 is 24.6 Å². The van der Waals surface area contributed by atoms with Gasteiger partial charge in [-0.05, 0) is 19.4 Å². The Hall–Kier alpha value is -0.780. The molecule has 0 aliphatic carbocycles. The van der Waals surface area contributed by atoms with Gasteiger partial charge in [0.15, 0.2) is 0 Å². The molecule has 3 nitrogen and oxygen atoms in total. The maximum absolute atomic E-state index is 11.9. The molecule has 0 heterocycles.